The lowest BCUT2D eigenvalue weighted by Gasteiger charge is -2.40. The summed E-state index contributed by atoms with van der Waals surface area (Å²) in [4.78, 5) is 15.8. The van der Waals surface area contributed by atoms with Gasteiger partial charge in [-0.2, -0.15) is 0 Å². The van der Waals surface area contributed by atoms with Gasteiger partial charge >= 0.3 is 5.97 Å². The van der Waals surface area contributed by atoms with Crippen molar-refractivity contribution in [2.75, 3.05) is 32.8 Å². The van der Waals surface area contributed by atoms with E-state index >= 15 is 0 Å². The van der Waals surface area contributed by atoms with Crippen LogP contribution >= 0.6 is 12.2 Å². The summed E-state index contributed by atoms with van der Waals surface area (Å²) in [6.45, 7) is 11.9. The maximum atomic E-state index is 11.9. The predicted molar refractivity (Wildman–Crippen MR) is 76.8 cm³/mol. The van der Waals surface area contributed by atoms with E-state index in [-0.39, 0.29) is 29.0 Å². The Balaban J connectivity index is 0. The average Bonchev–Trinajstić information content (AvgIpc) is 2.39. The number of halogens is 1. The Kier molecular flexibility index (Phi) is 12.8. The van der Waals surface area contributed by atoms with E-state index in [1.54, 1.807) is 0 Å². The minimum Gasteiger partial charge on any atom is -1.00 e. The number of esters is 1. The molecule has 0 bridgehead atoms. The molecule has 0 aliphatic rings. The molecule has 0 aromatic heterocycles. The van der Waals surface area contributed by atoms with Crippen molar-refractivity contribution < 1.29 is 31.0 Å². The van der Waals surface area contributed by atoms with Gasteiger partial charge in [-0.1, -0.05) is 0 Å². The van der Waals surface area contributed by atoms with Crippen molar-refractivity contribution in [2.45, 2.75) is 40.2 Å². The van der Waals surface area contributed by atoms with Gasteiger partial charge in [-0.25, -0.2) is 9.79 Å². The van der Waals surface area contributed by atoms with Crippen LogP contribution in [0.2, 0.25) is 0 Å². The Morgan fingerprint density at radius 2 is 1.95 bits per heavy atom. The number of hydrogen-bond donors (Lipinski definition) is 0. The fourth-order valence-corrected chi connectivity index (χ4v) is 2.37. The van der Waals surface area contributed by atoms with Crippen molar-refractivity contribution in [3.8, 4) is 0 Å². The summed E-state index contributed by atoms with van der Waals surface area (Å²) < 4.78 is 5.88. The maximum Gasteiger partial charge on any atom is 0.364 e. The lowest BCUT2D eigenvalue weighted by atomic mass is 10.1. The summed E-state index contributed by atoms with van der Waals surface area (Å²) in [6, 6.07) is -0.128. The topological polar surface area (TPSA) is 38.7 Å². The van der Waals surface area contributed by atoms with E-state index in [0.29, 0.717) is 13.2 Å². The third-order valence-electron chi connectivity index (χ3n) is 3.65. The van der Waals surface area contributed by atoms with Gasteiger partial charge < -0.3 is 26.2 Å². The molecule has 0 saturated heterocycles. The number of rotatable bonds is 9. The standard InChI is InChI=1S/C13H25N2O2S.BrH/c1-5-15(6-2,10-8-9-14-11-18)12(4)13(16)17-7-3;/h12H,5-10H2,1-4H3;1H/q+1;/p-1. The zero-order chi connectivity index (χ0) is 14.0. The molecule has 4 nitrogen and oxygen atoms in total. The van der Waals surface area contributed by atoms with Crippen LogP contribution in [0, 0.1) is 0 Å². The molecule has 0 radical (unpaired) electrons. The highest BCUT2D eigenvalue weighted by Gasteiger charge is 2.36. The highest BCUT2D eigenvalue weighted by atomic mass is 79.9. The van der Waals surface area contributed by atoms with E-state index in [4.69, 9.17) is 4.74 Å². The first-order valence-corrected chi connectivity index (χ1v) is 7.04. The van der Waals surface area contributed by atoms with Crippen molar-refractivity contribution in [1.29, 1.82) is 0 Å². The zero-order valence-electron chi connectivity index (χ0n) is 12.3. The number of hydrogen-bond acceptors (Lipinski definition) is 4. The summed E-state index contributed by atoms with van der Waals surface area (Å²) in [7, 11) is 0. The Bertz CT molecular complexity index is 303. The quantitative estimate of drug-likeness (QED) is 0.181. The third-order valence-corrected chi connectivity index (χ3v) is 3.78. The number of nitrogens with zero attached hydrogens (tertiary/aromatic N) is 2. The van der Waals surface area contributed by atoms with E-state index in [2.05, 4.69) is 36.2 Å². The molecule has 0 aromatic carbocycles. The molecule has 19 heavy (non-hydrogen) atoms. The van der Waals surface area contributed by atoms with E-state index in [1.807, 2.05) is 13.8 Å². The lowest BCUT2D eigenvalue weighted by Crippen LogP contribution is -3.00. The van der Waals surface area contributed by atoms with Crippen LogP contribution in [0.25, 0.3) is 0 Å². The number of isothiocyanates is 1. The van der Waals surface area contributed by atoms with Gasteiger partial charge in [-0.3, -0.25) is 0 Å². The number of carbonyl (C=O) groups excluding carboxylic acids is 1. The van der Waals surface area contributed by atoms with Gasteiger partial charge in [0.1, 0.15) is 0 Å². The van der Waals surface area contributed by atoms with Gasteiger partial charge in [0, 0.05) is 6.42 Å². The summed E-state index contributed by atoms with van der Waals surface area (Å²) in [5, 5.41) is 2.37. The van der Waals surface area contributed by atoms with Crippen LogP contribution in [0.4, 0.5) is 0 Å². The smallest absolute Gasteiger partial charge is 0.364 e. The van der Waals surface area contributed by atoms with Crippen LogP contribution in [0.15, 0.2) is 4.99 Å². The number of aliphatic imine (C=N–C) groups is 1. The predicted octanol–water partition coefficient (Wildman–Crippen LogP) is -0.708. The minimum absolute atomic E-state index is 0. The number of thiocarbonyl (C=S) groups is 1. The Labute approximate surface area is 132 Å². The SMILES string of the molecule is CCOC(=O)C(C)[N+](CC)(CC)CCCN=C=S.[Br-]. The van der Waals surface area contributed by atoms with Crippen LogP contribution in [0.1, 0.15) is 34.1 Å². The fraction of sp³-hybridized carbons (Fsp3) is 0.846. The third kappa shape index (κ3) is 6.61. The molecule has 0 spiro atoms. The van der Waals surface area contributed by atoms with E-state index < -0.39 is 0 Å². The van der Waals surface area contributed by atoms with Crippen molar-refractivity contribution >= 4 is 23.3 Å². The molecule has 0 aliphatic heterocycles. The van der Waals surface area contributed by atoms with E-state index in [0.717, 1.165) is 30.5 Å². The Morgan fingerprint density at radius 1 is 1.37 bits per heavy atom. The molecule has 6 heteroatoms. The lowest BCUT2D eigenvalue weighted by molar-refractivity contribution is -0.938. The number of likely N-dealkylation sites (N-methyl/N-ethyl adjacent to an activating group) is 1. The second kappa shape index (κ2) is 11.5. The summed E-state index contributed by atoms with van der Waals surface area (Å²) in [6.07, 6.45) is 0.912. The van der Waals surface area contributed by atoms with E-state index in [1.165, 1.54) is 0 Å². The van der Waals surface area contributed by atoms with Crippen LogP contribution in [-0.2, 0) is 9.53 Å². The number of ether oxygens (including phenoxy) is 1. The van der Waals surface area contributed by atoms with Crippen molar-refractivity contribution in [2.24, 2.45) is 4.99 Å². The van der Waals surface area contributed by atoms with E-state index in [9.17, 15) is 4.79 Å². The van der Waals surface area contributed by atoms with Crippen molar-refractivity contribution in [3.63, 3.8) is 0 Å². The van der Waals surface area contributed by atoms with Crippen LogP contribution < -0.4 is 17.0 Å². The molecule has 0 heterocycles. The average molecular weight is 353 g/mol. The first kappa shape index (κ1) is 21.0. The van der Waals surface area contributed by atoms with Gasteiger partial charge in [0.05, 0.1) is 37.9 Å². The van der Waals surface area contributed by atoms with Crippen molar-refractivity contribution in [1.82, 2.24) is 0 Å². The molecular formula is C13H25BrN2O2S. The normalized spacial score (nSPS) is 12.0. The van der Waals surface area contributed by atoms with Crippen LogP contribution in [0.5, 0.6) is 0 Å². The molecule has 0 aromatic rings. The molecule has 0 N–H and O–H groups in total. The Hall–Kier alpha value is -0.290. The number of quaternary nitrogens is 1. The highest BCUT2D eigenvalue weighted by Crippen LogP contribution is 2.16. The maximum absolute atomic E-state index is 11.9. The summed E-state index contributed by atoms with van der Waals surface area (Å²) >= 11 is 4.55. The molecule has 1 atom stereocenters. The monoisotopic (exact) mass is 352 g/mol. The molecular weight excluding hydrogens is 328 g/mol. The van der Waals surface area contributed by atoms with Crippen molar-refractivity contribution in [3.05, 3.63) is 0 Å². The van der Waals surface area contributed by atoms with Crippen LogP contribution in [0.3, 0.4) is 0 Å². The Morgan fingerprint density at radius 3 is 2.37 bits per heavy atom. The van der Waals surface area contributed by atoms with Gasteiger partial charge in [0.25, 0.3) is 0 Å². The molecule has 0 rings (SSSR count). The second-order valence-corrected chi connectivity index (χ2v) is 4.51. The molecule has 1 unspecified atom stereocenters. The molecule has 0 amide bonds. The second-order valence-electron chi connectivity index (χ2n) is 4.33. The summed E-state index contributed by atoms with van der Waals surface area (Å²) in [5.74, 6) is -0.112. The van der Waals surface area contributed by atoms with Gasteiger partial charge in [-0.15, -0.1) is 0 Å². The molecule has 112 valence electrons. The largest absolute Gasteiger partial charge is 1.00 e. The van der Waals surface area contributed by atoms with Gasteiger partial charge in [-0.05, 0) is 39.9 Å². The van der Waals surface area contributed by atoms with Gasteiger partial charge in [0.15, 0.2) is 6.04 Å². The first-order valence-electron chi connectivity index (χ1n) is 6.64. The first-order chi connectivity index (χ1) is 8.57. The van der Waals surface area contributed by atoms with Crippen LogP contribution in [-0.4, -0.2) is 54.4 Å². The fourth-order valence-electron chi connectivity index (χ4n) is 2.28. The molecule has 0 saturated carbocycles. The molecule has 0 aliphatic carbocycles. The highest BCUT2D eigenvalue weighted by molar-refractivity contribution is 7.78. The number of carbonyl (C=O) groups is 1. The minimum atomic E-state index is -0.128. The summed E-state index contributed by atoms with van der Waals surface area (Å²) in [5.41, 5.74) is 0. The zero-order valence-corrected chi connectivity index (χ0v) is 14.7. The van der Waals surface area contributed by atoms with Gasteiger partial charge in [0.2, 0.25) is 0 Å². The molecule has 0 fully saturated rings.